The average Bonchev–Trinajstić information content (AvgIpc) is 3.53. The summed E-state index contributed by atoms with van der Waals surface area (Å²) in [6.07, 6.45) is 1.62. The Hall–Kier alpha value is -3.75. The first-order chi connectivity index (χ1) is 16.6. The van der Waals surface area contributed by atoms with Gasteiger partial charge < -0.3 is 9.40 Å². The Morgan fingerprint density at radius 1 is 0.971 bits per heavy atom. The molecule has 34 heavy (non-hydrogen) atoms. The fourth-order valence-corrected chi connectivity index (χ4v) is 5.49. The zero-order valence-electron chi connectivity index (χ0n) is 17.7. The van der Waals surface area contributed by atoms with Gasteiger partial charge in [-0.15, -0.1) is 0 Å². The van der Waals surface area contributed by atoms with Crippen molar-refractivity contribution in [2.24, 2.45) is 0 Å². The molecule has 1 aliphatic heterocycles. The van der Waals surface area contributed by atoms with Crippen LogP contribution in [0.5, 0.6) is 0 Å². The summed E-state index contributed by atoms with van der Waals surface area (Å²) in [6, 6.07) is 25.3. The molecule has 8 heteroatoms. The van der Waals surface area contributed by atoms with E-state index in [9.17, 15) is 9.59 Å². The molecule has 5 aromatic rings. The van der Waals surface area contributed by atoms with E-state index < -0.39 is 0 Å². The average molecular weight is 484 g/mol. The summed E-state index contributed by atoms with van der Waals surface area (Å²) in [5, 5.41) is 3.18. The molecule has 0 saturated carbocycles. The fourth-order valence-electron chi connectivity index (χ4n) is 3.91. The van der Waals surface area contributed by atoms with E-state index in [1.807, 2.05) is 72.8 Å². The maximum absolute atomic E-state index is 13.0. The van der Waals surface area contributed by atoms with E-state index >= 15 is 0 Å². The number of aromatic amines is 1. The molecule has 6 rings (SSSR count). The molecular formula is C26H17N3O3S2. The summed E-state index contributed by atoms with van der Waals surface area (Å²) in [7, 11) is 0. The van der Waals surface area contributed by atoms with Gasteiger partial charge in [0.1, 0.15) is 5.76 Å². The van der Waals surface area contributed by atoms with Gasteiger partial charge in [-0.1, -0.05) is 54.6 Å². The second kappa shape index (κ2) is 8.55. The minimum absolute atomic E-state index is 0.231. The predicted octanol–water partition coefficient (Wildman–Crippen LogP) is 6.70. The molecule has 1 fully saturated rings. The zero-order chi connectivity index (χ0) is 23.1. The Bertz CT molecular complexity index is 1560. The molecule has 1 aliphatic rings. The Morgan fingerprint density at radius 2 is 1.79 bits per heavy atom. The number of fused-ring (bicyclic) bond motifs is 2. The Labute approximate surface area is 203 Å². The monoisotopic (exact) mass is 483 g/mol. The van der Waals surface area contributed by atoms with Gasteiger partial charge >= 0.3 is 0 Å². The van der Waals surface area contributed by atoms with Crippen LogP contribution < -0.4 is 0 Å². The summed E-state index contributed by atoms with van der Waals surface area (Å²) in [4.78, 5) is 35.1. The molecule has 6 nitrogen and oxygen atoms in total. The highest BCUT2D eigenvalue weighted by molar-refractivity contribution is 8.18. The van der Waals surface area contributed by atoms with Crippen molar-refractivity contribution < 1.29 is 14.0 Å². The van der Waals surface area contributed by atoms with E-state index in [-0.39, 0.29) is 17.7 Å². The smallest absolute Gasteiger partial charge is 0.293 e. The lowest BCUT2D eigenvalue weighted by Gasteiger charge is -2.14. The number of amides is 2. The number of hydrogen-bond donors (Lipinski definition) is 1. The van der Waals surface area contributed by atoms with Crippen LogP contribution in [0.4, 0.5) is 4.79 Å². The standard InChI is InChI=1S/C26H17N3O3S2/c30-24-22(33-26(31)29(24)15-17-8-5-7-16-6-1-2-9-19(16)17)14-18-12-13-23(32-18)34-25-27-20-10-3-4-11-21(20)28-25/h1-14H,15H2,(H,27,28)/b22-14+. The first-order valence-corrected chi connectivity index (χ1v) is 12.2. The fraction of sp³-hybridized carbons (Fsp3) is 0.0385. The number of nitrogens with one attached hydrogen (secondary N) is 1. The highest BCUT2D eigenvalue weighted by Gasteiger charge is 2.35. The van der Waals surface area contributed by atoms with Crippen LogP contribution in [0, 0.1) is 0 Å². The van der Waals surface area contributed by atoms with Crippen LogP contribution in [0.15, 0.2) is 98.4 Å². The Morgan fingerprint density at radius 3 is 2.71 bits per heavy atom. The number of rotatable bonds is 5. The second-order valence-corrected chi connectivity index (χ2v) is 9.71. The van der Waals surface area contributed by atoms with Crippen molar-refractivity contribution in [2.45, 2.75) is 16.8 Å². The normalized spacial score (nSPS) is 15.3. The van der Waals surface area contributed by atoms with Gasteiger partial charge in [0.25, 0.3) is 11.1 Å². The Kier molecular flexibility index (Phi) is 5.24. The van der Waals surface area contributed by atoms with Crippen molar-refractivity contribution >= 4 is 62.6 Å². The molecule has 0 radical (unpaired) electrons. The number of carbonyl (C=O) groups is 2. The van der Waals surface area contributed by atoms with Gasteiger partial charge in [-0.3, -0.25) is 14.5 Å². The topological polar surface area (TPSA) is 79.2 Å². The van der Waals surface area contributed by atoms with Crippen molar-refractivity contribution in [3.8, 4) is 0 Å². The number of nitrogens with zero attached hydrogens (tertiary/aromatic N) is 2. The molecular weight excluding hydrogens is 466 g/mol. The summed E-state index contributed by atoms with van der Waals surface area (Å²) in [5.74, 6) is 0.195. The second-order valence-electron chi connectivity index (χ2n) is 7.72. The number of thioether (sulfide) groups is 1. The molecule has 3 aromatic carbocycles. The molecule has 0 spiro atoms. The van der Waals surface area contributed by atoms with Crippen molar-refractivity contribution in [1.82, 2.24) is 14.9 Å². The van der Waals surface area contributed by atoms with E-state index in [1.54, 1.807) is 12.1 Å². The van der Waals surface area contributed by atoms with E-state index in [4.69, 9.17) is 4.42 Å². The van der Waals surface area contributed by atoms with Gasteiger partial charge in [-0.05, 0) is 64.1 Å². The highest BCUT2D eigenvalue weighted by atomic mass is 32.2. The van der Waals surface area contributed by atoms with Crippen LogP contribution in [-0.2, 0) is 11.3 Å². The van der Waals surface area contributed by atoms with Crippen LogP contribution in [0.25, 0.3) is 27.9 Å². The number of aromatic nitrogens is 2. The lowest BCUT2D eigenvalue weighted by Crippen LogP contribution is -2.27. The number of furan rings is 1. The summed E-state index contributed by atoms with van der Waals surface area (Å²) >= 11 is 2.30. The number of hydrogen-bond acceptors (Lipinski definition) is 6. The number of carbonyl (C=O) groups excluding carboxylic acids is 2. The van der Waals surface area contributed by atoms with Gasteiger partial charge in [0, 0.05) is 6.08 Å². The third kappa shape index (κ3) is 3.91. The lowest BCUT2D eigenvalue weighted by atomic mass is 10.0. The molecule has 166 valence electrons. The lowest BCUT2D eigenvalue weighted by molar-refractivity contribution is -0.123. The first-order valence-electron chi connectivity index (χ1n) is 10.6. The summed E-state index contributed by atoms with van der Waals surface area (Å²) < 4.78 is 5.87. The van der Waals surface area contributed by atoms with Gasteiger partial charge in [-0.25, -0.2) is 4.98 Å². The van der Waals surface area contributed by atoms with E-state index in [1.165, 1.54) is 16.7 Å². The van der Waals surface area contributed by atoms with Crippen molar-refractivity contribution in [3.63, 3.8) is 0 Å². The molecule has 2 amide bonds. The highest BCUT2D eigenvalue weighted by Crippen LogP contribution is 2.35. The van der Waals surface area contributed by atoms with Crippen LogP contribution in [-0.4, -0.2) is 26.0 Å². The SMILES string of the molecule is O=C1S/C(=C/c2ccc(Sc3nc4ccccc4[nH]3)o2)C(=O)N1Cc1cccc2ccccc12. The van der Waals surface area contributed by atoms with Crippen molar-refractivity contribution in [1.29, 1.82) is 0 Å². The number of imidazole rings is 1. The Balaban J connectivity index is 1.20. The number of H-pyrrole nitrogens is 1. The molecule has 1 saturated heterocycles. The largest absolute Gasteiger partial charge is 0.450 e. The number of para-hydroxylation sites is 2. The van der Waals surface area contributed by atoms with E-state index in [0.717, 1.165) is 44.3 Å². The molecule has 3 heterocycles. The summed E-state index contributed by atoms with van der Waals surface area (Å²) in [5.41, 5.74) is 2.78. The van der Waals surface area contributed by atoms with Gasteiger partial charge in [0.2, 0.25) is 0 Å². The van der Waals surface area contributed by atoms with E-state index in [0.29, 0.717) is 15.8 Å². The molecule has 2 aromatic heterocycles. The quantitative estimate of drug-likeness (QED) is 0.280. The van der Waals surface area contributed by atoms with Crippen LogP contribution in [0.3, 0.4) is 0 Å². The maximum atomic E-state index is 13.0. The minimum Gasteiger partial charge on any atom is -0.450 e. The zero-order valence-corrected chi connectivity index (χ0v) is 19.4. The van der Waals surface area contributed by atoms with Crippen molar-refractivity contribution in [3.05, 3.63) is 95.1 Å². The molecule has 0 unspecified atom stereocenters. The minimum atomic E-state index is -0.314. The van der Waals surface area contributed by atoms with Gasteiger partial charge in [0.05, 0.1) is 22.5 Å². The van der Waals surface area contributed by atoms with Crippen LogP contribution >= 0.6 is 23.5 Å². The number of imide groups is 1. The van der Waals surface area contributed by atoms with Gasteiger partial charge in [0.15, 0.2) is 10.2 Å². The molecule has 1 N–H and O–H groups in total. The maximum Gasteiger partial charge on any atom is 0.293 e. The number of benzene rings is 3. The molecule has 0 atom stereocenters. The van der Waals surface area contributed by atoms with Crippen molar-refractivity contribution in [2.75, 3.05) is 0 Å². The van der Waals surface area contributed by atoms with Crippen LogP contribution in [0.1, 0.15) is 11.3 Å². The van der Waals surface area contributed by atoms with Crippen LogP contribution in [0.2, 0.25) is 0 Å². The van der Waals surface area contributed by atoms with Gasteiger partial charge in [-0.2, -0.15) is 0 Å². The third-order valence-electron chi connectivity index (χ3n) is 5.52. The molecule has 0 bridgehead atoms. The third-order valence-corrected chi connectivity index (χ3v) is 7.24. The van der Waals surface area contributed by atoms with E-state index in [2.05, 4.69) is 9.97 Å². The first kappa shape index (κ1) is 20.8. The summed E-state index contributed by atoms with van der Waals surface area (Å²) in [6.45, 7) is 0.231. The molecule has 0 aliphatic carbocycles. The predicted molar refractivity (Wildman–Crippen MR) is 134 cm³/mol.